The summed E-state index contributed by atoms with van der Waals surface area (Å²) in [6.07, 6.45) is 3.80. The highest BCUT2D eigenvalue weighted by atomic mass is 32.2. The van der Waals surface area contributed by atoms with Gasteiger partial charge in [-0.3, -0.25) is 0 Å². The minimum atomic E-state index is 0.665. The summed E-state index contributed by atoms with van der Waals surface area (Å²) < 4.78 is 0. The van der Waals surface area contributed by atoms with Gasteiger partial charge in [-0.05, 0) is 24.9 Å². The zero-order valence-corrected chi connectivity index (χ0v) is 12.8. The van der Waals surface area contributed by atoms with E-state index in [4.69, 9.17) is 0 Å². The predicted molar refractivity (Wildman–Crippen MR) is 84.2 cm³/mol. The van der Waals surface area contributed by atoms with Crippen LogP contribution in [0.5, 0.6) is 0 Å². The van der Waals surface area contributed by atoms with Crippen LogP contribution in [0.1, 0.15) is 45.6 Å². The highest BCUT2D eigenvalue weighted by Gasteiger charge is 2.18. The molecule has 2 unspecified atom stereocenters. The zero-order valence-electron chi connectivity index (χ0n) is 12.0. The van der Waals surface area contributed by atoms with Crippen molar-refractivity contribution in [3.05, 3.63) is 35.9 Å². The largest absolute Gasteiger partial charge is 0.313 e. The van der Waals surface area contributed by atoms with Gasteiger partial charge < -0.3 is 5.32 Å². The monoisotopic (exact) mass is 265 g/mol. The Bertz CT molecular complexity index is 293. The van der Waals surface area contributed by atoms with Gasteiger partial charge in [-0.15, -0.1) is 0 Å². The highest BCUT2D eigenvalue weighted by Crippen LogP contribution is 2.25. The number of thioether (sulfide) groups is 1. The summed E-state index contributed by atoms with van der Waals surface area (Å²) in [4.78, 5) is 0. The van der Waals surface area contributed by atoms with E-state index >= 15 is 0 Å². The van der Waals surface area contributed by atoms with E-state index in [1.165, 1.54) is 24.8 Å². The molecule has 102 valence electrons. The minimum Gasteiger partial charge on any atom is -0.313 e. The van der Waals surface area contributed by atoms with E-state index in [1.54, 1.807) is 0 Å². The fraction of sp³-hybridized carbons (Fsp3) is 0.625. The molecule has 1 aromatic carbocycles. The molecular formula is C16H27NS. The van der Waals surface area contributed by atoms with E-state index in [2.05, 4.69) is 68.2 Å². The lowest BCUT2D eigenvalue weighted by Gasteiger charge is -2.26. The molecule has 0 saturated carbocycles. The van der Waals surface area contributed by atoms with Crippen molar-refractivity contribution in [3.63, 3.8) is 0 Å². The Labute approximate surface area is 117 Å². The second kappa shape index (κ2) is 9.46. The van der Waals surface area contributed by atoms with E-state index in [0.29, 0.717) is 6.04 Å². The average molecular weight is 265 g/mol. The van der Waals surface area contributed by atoms with Crippen molar-refractivity contribution in [2.24, 2.45) is 0 Å². The fourth-order valence-electron chi connectivity index (χ4n) is 2.29. The van der Waals surface area contributed by atoms with Gasteiger partial charge in [-0.1, -0.05) is 57.5 Å². The Kier molecular flexibility index (Phi) is 8.19. The molecule has 2 heteroatoms. The van der Waals surface area contributed by atoms with Crippen LogP contribution in [0.4, 0.5) is 0 Å². The maximum Gasteiger partial charge on any atom is 0.0201 e. The number of hydrogen-bond acceptors (Lipinski definition) is 2. The lowest BCUT2D eigenvalue weighted by Crippen LogP contribution is -2.37. The normalized spacial score (nSPS) is 14.4. The number of benzene rings is 1. The Hall–Kier alpha value is -0.470. The molecule has 1 nitrogen and oxygen atoms in total. The molecule has 0 amide bonds. The molecule has 0 radical (unpaired) electrons. The maximum atomic E-state index is 3.65. The number of nitrogens with one attached hydrogen (secondary N) is 1. The molecule has 0 aliphatic rings. The molecule has 0 aliphatic carbocycles. The van der Waals surface area contributed by atoms with Crippen LogP contribution in [-0.4, -0.2) is 17.8 Å². The Morgan fingerprint density at radius 3 is 2.39 bits per heavy atom. The smallest absolute Gasteiger partial charge is 0.0201 e. The summed E-state index contributed by atoms with van der Waals surface area (Å²) in [5, 5.41) is 4.38. The molecule has 2 atom stereocenters. The summed E-state index contributed by atoms with van der Waals surface area (Å²) >= 11 is 2.10. The summed E-state index contributed by atoms with van der Waals surface area (Å²) in [6.45, 7) is 7.87. The van der Waals surface area contributed by atoms with E-state index in [9.17, 15) is 0 Å². The molecule has 0 aromatic heterocycles. The van der Waals surface area contributed by atoms with Gasteiger partial charge in [0.25, 0.3) is 0 Å². The molecule has 0 spiro atoms. The van der Waals surface area contributed by atoms with E-state index in [0.717, 1.165) is 17.5 Å². The quantitative estimate of drug-likeness (QED) is 0.706. The first-order chi connectivity index (χ1) is 8.81. The molecule has 1 N–H and O–H groups in total. The number of rotatable bonds is 9. The maximum absolute atomic E-state index is 3.65. The summed E-state index contributed by atoms with van der Waals surface area (Å²) in [6, 6.07) is 11.5. The summed E-state index contributed by atoms with van der Waals surface area (Å²) in [7, 11) is 0. The van der Waals surface area contributed by atoms with Crippen molar-refractivity contribution in [1.29, 1.82) is 0 Å². The van der Waals surface area contributed by atoms with Gasteiger partial charge >= 0.3 is 0 Å². The van der Waals surface area contributed by atoms with Crippen molar-refractivity contribution in [2.45, 2.75) is 57.1 Å². The van der Waals surface area contributed by atoms with Crippen LogP contribution in [-0.2, 0) is 5.75 Å². The molecule has 0 saturated heterocycles. The van der Waals surface area contributed by atoms with Crippen LogP contribution in [0, 0.1) is 0 Å². The molecule has 0 aliphatic heterocycles. The van der Waals surface area contributed by atoms with Gasteiger partial charge in [0.15, 0.2) is 0 Å². The molecule has 1 rings (SSSR count). The van der Waals surface area contributed by atoms with Gasteiger partial charge in [-0.25, -0.2) is 0 Å². The Morgan fingerprint density at radius 2 is 1.83 bits per heavy atom. The van der Waals surface area contributed by atoms with Crippen LogP contribution >= 0.6 is 11.8 Å². The lowest BCUT2D eigenvalue weighted by molar-refractivity contribution is 0.465. The van der Waals surface area contributed by atoms with Crippen molar-refractivity contribution in [2.75, 3.05) is 6.54 Å². The van der Waals surface area contributed by atoms with Crippen molar-refractivity contribution < 1.29 is 0 Å². The topological polar surface area (TPSA) is 12.0 Å². The summed E-state index contributed by atoms with van der Waals surface area (Å²) in [5.41, 5.74) is 1.44. The second-order valence-corrected chi connectivity index (χ2v) is 5.92. The molecule has 1 aromatic rings. The minimum absolute atomic E-state index is 0.665. The van der Waals surface area contributed by atoms with Crippen molar-refractivity contribution in [3.8, 4) is 0 Å². The highest BCUT2D eigenvalue weighted by molar-refractivity contribution is 7.99. The van der Waals surface area contributed by atoms with Gasteiger partial charge in [0.2, 0.25) is 0 Å². The molecule has 0 fully saturated rings. The average Bonchev–Trinajstić information content (AvgIpc) is 2.41. The number of hydrogen-bond donors (Lipinski definition) is 1. The molecular weight excluding hydrogens is 238 g/mol. The third-order valence-electron chi connectivity index (χ3n) is 3.22. The van der Waals surface area contributed by atoms with Crippen LogP contribution < -0.4 is 5.32 Å². The molecule has 0 bridgehead atoms. The van der Waals surface area contributed by atoms with Gasteiger partial charge in [-0.2, -0.15) is 11.8 Å². The van der Waals surface area contributed by atoms with Crippen molar-refractivity contribution >= 4 is 11.8 Å². The Morgan fingerprint density at radius 1 is 1.11 bits per heavy atom. The lowest BCUT2D eigenvalue weighted by atomic mass is 10.1. The fourth-order valence-corrected chi connectivity index (χ4v) is 3.59. The second-order valence-electron chi connectivity index (χ2n) is 4.70. The van der Waals surface area contributed by atoms with E-state index in [1.807, 2.05) is 0 Å². The predicted octanol–water partition coefficient (Wildman–Crippen LogP) is 4.48. The van der Waals surface area contributed by atoms with Gasteiger partial charge in [0.05, 0.1) is 0 Å². The van der Waals surface area contributed by atoms with E-state index < -0.39 is 0 Å². The third-order valence-corrected chi connectivity index (χ3v) is 4.81. The first kappa shape index (κ1) is 15.6. The van der Waals surface area contributed by atoms with Crippen LogP contribution in [0.3, 0.4) is 0 Å². The standard InChI is InChI=1S/C16H27NS/c1-4-10-15(17-6-3)16(5-2)18-13-14-11-8-7-9-12-14/h7-9,11-12,15-17H,4-6,10,13H2,1-3H3. The van der Waals surface area contributed by atoms with Crippen molar-refractivity contribution in [1.82, 2.24) is 5.32 Å². The van der Waals surface area contributed by atoms with Gasteiger partial charge in [0, 0.05) is 17.0 Å². The first-order valence-corrected chi connectivity index (χ1v) is 8.25. The van der Waals surface area contributed by atoms with Crippen LogP contribution in [0.25, 0.3) is 0 Å². The zero-order chi connectivity index (χ0) is 13.2. The Balaban J connectivity index is 2.48. The summed E-state index contributed by atoms with van der Waals surface area (Å²) in [5.74, 6) is 1.13. The van der Waals surface area contributed by atoms with Gasteiger partial charge in [0.1, 0.15) is 0 Å². The molecule has 0 heterocycles. The first-order valence-electron chi connectivity index (χ1n) is 7.20. The van der Waals surface area contributed by atoms with Crippen LogP contribution in [0.15, 0.2) is 30.3 Å². The SMILES string of the molecule is CCCC(NCC)C(CC)SCc1ccccc1. The molecule has 18 heavy (non-hydrogen) atoms. The third kappa shape index (κ3) is 5.45. The van der Waals surface area contributed by atoms with E-state index in [-0.39, 0.29) is 0 Å². The van der Waals surface area contributed by atoms with Crippen LogP contribution in [0.2, 0.25) is 0 Å².